The highest BCUT2D eigenvalue weighted by atomic mass is 16.2. The summed E-state index contributed by atoms with van der Waals surface area (Å²) in [5.41, 5.74) is 1.21. The number of carbonyl (C=O) groups is 1. The highest BCUT2D eigenvalue weighted by Crippen LogP contribution is 2.12. The number of nitrogens with one attached hydrogen (secondary N) is 1. The average molecular weight is 273 g/mol. The van der Waals surface area contributed by atoms with Gasteiger partial charge < -0.3 is 10.4 Å². The summed E-state index contributed by atoms with van der Waals surface area (Å²) < 4.78 is 0. The lowest BCUT2D eigenvalue weighted by molar-refractivity contribution is 0.0935. The molecule has 3 heteroatoms. The van der Waals surface area contributed by atoms with E-state index in [1.54, 1.807) is 12.1 Å². The van der Waals surface area contributed by atoms with Crippen molar-refractivity contribution in [1.82, 2.24) is 5.32 Å². The minimum Gasteiger partial charge on any atom is -0.384 e. The minimum atomic E-state index is -0.208. The Labute approximate surface area is 121 Å². The smallest absolute Gasteiger partial charge is 0.252 e. The molecular formula is C17H23NO2. The first kappa shape index (κ1) is 16.3. The molecule has 0 aliphatic heterocycles. The Hall–Kier alpha value is -1.79. The fraction of sp³-hybridized carbons (Fsp3) is 0.471. The Kier molecular flexibility index (Phi) is 6.83. The topological polar surface area (TPSA) is 49.3 Å². The van der Waals surface area contributed by atoms with Gasteiger partial charge in [0, 0.05) is 11.6 Å². The zero-order valence-electron chi connectivity index (χ0n) is 12.4. The number of hydrogen-bond acceptors (Lipinski definition) is 2. The van der Waals surface area contributed by atoms with Crippen molar-refractivity contribution in [2.75, 3.05) is 6.61 Å². The Morgan fingerprint density at radius 3 is 2.70 bits per heavy atom. The third kappa shape index (κ3) is 5.07. The van der Waals surface area contributed by atoms with Crippen LogP contribution in [0.5, 0.6) is 0 Å². The number of amides is 1. The van der Waals surface area contributed by atoms with Crippen molar-refractivity contribution in [2.24, 2.45) is 5.92 Å². The van der Waals surface area contributed by atoms with Gasteiger partial charge in [-0.05, 0) is 31.4 Å². The van der Waals surface area contributed by atoms with E-state index in [1.807, 2.05) is 19.1 Å². The first-order valence-electron chi connectivity index (χ1n) is 7.08. The van der Waals surface area contributed by atoms with E-state index >= 15 is 0 Å². The first-order valence-corrected chi connectivity index (χ1v) is 7.08. The lowest BCUT2D eigenvalue weighted by atomic mass is 10.00. The van der Waals surface area contributed by atoms with Gasteiger partial charge in [0.25, 0.3) is 5.91 Å². The predicted octanol–water partition coefficient (Wildman–Crippen LogP) is 2.58. The van der Waals surface area contributed by atoms with Gasteiger partial charge in [0.15, 0.2) is 0 Å². The maximum Gasteiger partial charge on any atom is 0.252 e. The minimum absolute atomic E-state index is 0.108. The number of benzene rings is 1. The molecule has 2 unspecified atom stereocenters. The van der Waals surface area contributed by atoms with Gasteiger partial charge in [0.05, 0.1) is 5.56 Å². The van der Waals surface area contributed by atoms with Crippen LogP contribution in [0.25, 0.3) is 0 Å². The standard InChI is InChI=1S/C17H23NO2/c1-4-13(2)12-14(3)18-17(20)16-10-6-5-8-15(16)9-7-11-19/h5-6,8,10,13-14,19H,4,11-12H2,1-3H3,(H,18,20). The summed E-state index contributed by atoms with van der Waals surface area (Å²) in [4.78, 5) is 12.3. The Balaban J connectivity index is 2.77. The van der Waals surface area contributed by atoms with Crippen molar-refractivity contribution in [3.8, 4) is 11.8 Å². The van der Waals surface area contributed by atoms with Crippen LogP contribution in [0.4, 0.5) is 0 Å². The van der Waals surface area contributed by atoms with Crippen LogP contribution in [-0.2, 0) is 0 Å². The average Bonchev–Trinajstić information content (AvgIpc) is 2.44. The fourth-order valence-electron chi connectivity index (χ4n) is 2.06. The molecule has 1 amide bonds. The Morgan fingerprint density at radius 1 is 1.35 bits per heavy atom. The van der Waals surface area contributed by atoms with E-state index in [1.165, 1.54) is 0 Å². The van der Waals surface area contributed by atoms with Gasteiger partial charge in [0.1, 0.15) is 6.61 Å². The van der Waals surface area contributed by atoms with Crippen molar-refractivity contribution >= 4 is 5.91 Å². The van der Waals surface area contributed by atoms with E-state index in [0.717, 1.165) is 12.8 Å². The molecular weight excluding hydrogens is 250 g/mol. The van der Waals surface area contributed by atoms with Crippen molar-refractivity contribution in [3.05, 3.63) is 35.4 Å². The highest BCUT2D eigenvalue weighted by Gasteiger charge is 2.14. The van der Waals surface area contributed by atoms with E-state index in [4.69, 9.17) is 5.11 Å². The molecule has 1 aromatic rings. The molecule has 0 bridgehead atoms. The van der Waals surface area contributed by atoms with Crippen molar-refractivity contribution in [2.45, 2.75) is 39.7 Å². The second kappa shape index (κ2) is 8.39. The zero-order chi connectivity index (χ0) is 15.0. The maximum atomic E-state index is 12.3. The summed E-state index contributed by atoms with van der Waals surface area (Å²) in [5.74, 6) is 5.87. The van der Waals surface area contributed by atoms with Gasteiger partial charge in [-0.25, -0.2) is 0 Å². The first-order chi connectivity index (χ1) is 9.58. The van der Waals surface area contributed by atoms with E-state index in [2.05, 4.69) is 31.0 Å². The van der Waals surface area contributed by atoms with Gasteiger partial charge >= 0.3 is 0 Å². The zero-order valence-corrected chi connectivity index (χ0v) is 12.4. The molecule has 0 aromatic heterocycles. The van der Waals surface area contributed by atoms with Crippen LogP contribution < -0.4 is 5.32 Å². The number of hydrogen-bond donors (Lipinski definition) is 2. The lowest BCUT2D eigenvalue weighted by Crippen LogP contribution is -2.34. The molecule has 1 aromatic carbocycles. The molecule has 0 aliphatic rings. The van der Waals surface area contributed by atoms with Crippen LogP contribution >= 0.6 is 0 Å². The fourth-order valence-corrected chi connectivity index (χ4v) is 2.06. The summed E-state index contributed by atoms with van der Waals surface area (Å²) in [7, 11) is 0. The van der Waals surface area contributed by atoms with Crippen LogP contribution in [0.15, 0.2) is 24.3 Å². The molecule has 2 N–H and O–H groups in total. The number of aliphatic hydroxyl groups is 1. The molecule has 0 radical (unpaired) electrons. The summed E-state index contributed by atoms with van der Waals surface area (Å²) in [6.07, 6.45) is 2.07. The highest BCUT2D eigenvalue weighted by molar-refractivity contribution is 5.96. The molecule has 0 heterocycles. The predicted molar refractivity (Wildman–Crippen MR) is 81.4 cm³/mol. The molecule has 0 saturated heterocycles. The normalized spacial score (nSPS) is 13.0. The SMILES string of the molecule is CCC(C)CC(C)NC(=O)c1ccccc1C#CCO. The lowest BCUT2D eigenvalue weighted by Gasteiger charge is -2.18. The van der Waals surface area contributed by atoms with E-state index in [-0.39, 0.29) is 18.6 Å². The van der Waals surface area contributed by atoms with E-state index in [0.29, 0.717) is 17.0 Å². The number of rotatable bonds is 5. The molecule has 3 nitrogen and oxygen atoms in total. The molecule has 1 rings (SSSR count). The van der Waals surface area contributed by atoms with Crippen LogP contribution in [-0.4, -0.2) is 23.7 Å². The van der Waals surface area contributed by atoms with E-state index in [9.17, 15) is 4.79 Å². The summed E-state index contributed by atoms with van der Waals surface area (Å²) in [5, 5.41) is 11.8. The van der Waals surface area contributed by atoms with Crippen LogP contribution in [0.3, 0.4) is 0 Å². The molecule has 108 valence electrons. The third-order valence-corrected chi connectivity index (χ3v) is 3.30. The van der Waals surface area contributed by atoms with Crippen molar-refractivity contribution in [3.63, 3.8) is 0 Å². The van der Waals surface area contributed by atoms with E-state index < -0.39 is 0 Å². The monoisotopic (exact) mass is 273 g/mol. The van der Waals surface area contributed by atoms with Gasteiger partial charge in [-0.15, -0.1) is 0 Å². The Bertz CT molecular complexity index is 499. The molecule has 20 heavy (non-hydrogen) atoms. The molecule has 0 spiro atoms. The van der Waals surface area contributed by atoms with Gasteiger partial charge in [-0.2, -0.15) is 0 Å². The molecule has 0 fully saturated rings. The second-order valence-electron chi connectivity index (χ2n) is 5.13. The van der Waals surface area contributed by atoms with Crippen molar-refractivity contribution in [1.29, 1.82) is 0 Å². The largest absolute Gasteiger partial charge is 0.384 e. The summed E-state index contributed by atoms with van der Waals surface area (Å²) in [6.45, 7) is 6.15. The number of carbonyl (C=O) groups excluding carboxylic acids is 1. The quantitative estimate of drug-likeness (QED) is 0.810. The van der Waals surface area contributed by atoms with Gasteiger partial charge in [0.2, 0.25) is 0 Å². The summed E-state index contributed by atoms with van der Waals surface area (Å²) in [6, 6.07) is 7.33. The molecule has 0 saturated carbocycles. The second-order valence-corrected chi connectivity index (χ2v) is 5.13. The van der Waals surface area contributed by atoms with Gasteiger partial charge in [-0.1, -0.05) is 44.2 Å². The van der Waals surface area contributed by atoms with Crippen LogP contribution in [0, 0.1) is 17.8 Å². The molecule has 2 atom stereocenters. The number of aliphatic hydroxyl groups excluding tert-OH is 1. The van der Waals surface area contributed by atoms with Crippen LogP contribution in [0.2, 0.25) is 0 Å². The third-order valence-electron chi connectivity index (χ3n) is 3.30. The molecule has 0 aliphatic carbocycles. The van der Waals surface area contributed by atoms with Gasteiger partial charge in [-0.3, -0.25) is 4.79 Å². The maximum absolute atomic E-state index is 12.3. The van der Waals surface area contributed by atoms with Crippen molar-refractivity contribution < 1.29 is 9.90 Å². The van der Waals surface area contributed by atoms with Crippen LogP contribution in [0.1, 0.15) is 49.5 Å². The Morgan fingerprint density at radius 2 is 2.05 bits per heavy atom. The summed E-state index contributed by atoms with van der Waals surface area (Å²) >= 11 is 0.